The molecule has 1 N–H and O–H groups in total. The molecule has 0 bridgehead atoms. The third kappa shape index (κ3) is 3.01. The molecule has 3 rings (SSSR count). The van der Waals surface area contributed by atoms with Crippen molar-refractivity contribution in [3.05, 3.63) is 35.4 Å². The maximum absolute atomic E-state index is 3.61. The van der Waals surface area contributed by atoms with Crippen molar-refractivity contribution in [1.82, 2.24) is 10.2 Å². The Balaban J connectivity index is 1.67. The summed E-state index contributed by atoms with van der Waals surface area (Å²) in [6.45, 7) is 8.38. The summed E-state index contributed by atoms with van der Waals surface area (Å²) >= 11 is 0. The van der Waals surface area contributed by atoms with Gasteiger partial charge in [0.15, 0.2) is 0 Å². The zero-order valence-corrected chi connectivity index (χ0v) is 12.1. The Bertz CT molecular complexity index is 416. The van der Waals surface area contributed by atoms with Crippen molar-refractivity contribution in [2.24, 2.45) is 5.41 Å². The van der Waals surface area contributed by atoms with E-state index in [0.29, 0.717) is 5.41 Å². The van der Waals surface area contributed by atoms with Gasteiger partial charge in [0.2, 0.25) is 0 Å². The van der Waals surface area contributed by atoms with Gasteiger partial charge >= 0.3 is 0 Å². The molecule has 2 aliphatic rings. The van der Waals surface area contributed by atoms with Gasteiger partial charge in [0, 0.05) is 19.6 Å². The van der Waals surface area contributed by atoms with Crippen molar-refractivity contribution >= 4 is 0 Å². The van der Waals surface area contributed by atoms with Gasteiger partial charge < -0.3 is 5.32 Å². The van der Waals surface area contributed by atoms with E-state index in [4.69, 9.17) is 0 Å². The predicted octanol–water partition coefficient (Wildman–Crippen LogP) is 2.96. The highest BCUT2D eigenvalue weighted by molar-refractivity contribution is 5.25. The molecule has 0 amide bonds. The molecule has 2 saturated heterocycles. The second-order valence-electron chi connectivity index (χ2n) is 6.52. The fraction of sp³-hybridized carbons (Fsp3) is 0.647. The SMILES string of the molecule is Cc1ccccc1CN1CCCC2(CCCNC2)C1. The van der Waals surface area contributed by atoms with E-state index < -0.39 is 0 Å². The summed E-state index contributed by atoms with van der Waals surface area (Å²) in [5.41, 5.74) is 3.51. The van der Waals surface area contributed by atoms with Crippen molar-refractivity contribution in [1.29, 1.82) is 0 Å². The van der Waals surface area contributed by atoms with E-state index in [-0.39, 0.29) is 0 Å². The second-order valence-corrected chi connectivity index (χ2v) is 6.52. The second kappa shape index (κ2) is 5.64. The topological polar surface area (TPSA) is 15.3 Å². The average Bonchev–Trinajstić information content (AvgIpc) is 2.42. The number of aryl methyl sites for hydroxylation is 1. The van der Waals surface area contributed by atoms with Crippen LogP contribution in [0.25, 0.3) is 0 Å². The predicted molar refractivity (Wildman–Crippen MR) is 80.2 cm³/mol. The minimum absolute atomic E-state index is 0.569. The first-order chi connectivity index (χ1) is 9.27. The number of nitrogens with zero attached hydrogens (tertiary/aromatic N) is 1. The molecular formula is C17H26N2. The molecule has 2 nitrogen and oxygen atoms in total. The number of hydrogen-bond donors (Lipinski definition) is 1. The van der Waals surface area contributed by atoms with E-state index in [1.165, 1.54) is 63.0 Å². The van der Waals surface area contributed by atoms with Crippen LogP contribution in [0.4, 0.5) is 0 Å². The average molecular weight is 258 g/mol. The lowest BCUT2D eigenvalue weighted by Gasteiger charge is -2.45. The third-order valence-electron chi connectivity index (χ3n) is 4.96. The minimum Gasteiger partial charge on any atom is -0.316 e. The fourth-order valence-corrected chi connectivity index (χ4v) is 3.85. The molecule has 19 heavy (non-hydrogen) atoms. The van der Waals surface area contributed by atoms with Crippen LogP contribution in [0.1, 0.15) is 36.8 Å². The summed E-state index contributed by atoms with van der Waals surface area (Å²) in [4.78, 5) is 2.68. The van der Waals surface area contributed by atoms with Crippen molar-refractivity contribution in [3.8, 4) is 0 Å². The zero-order chi connectivity index (χ0) is 13.1. The minimum atomic E-state index is 0.569. The molecule has 1 atom stereocenters. The van der Waals surface area contributed by atoms with Gasteiger partial charge in [-0.2, -0.15) is 0 Å². The number of hydrogen-bond acceptors (Lipinski definition) is 2. The molecule has 1 aromatic carbocycles. The monoisotopic (exact) mass is 258 g/mol. The maximum Gasteiger partial charge on any atom is 0.0236 e. The molecule has 1 unspecified atom stereocenters. The number of likely N-dealkylation sites (tertiary alicyclic amines) is 1. The fourth-order valence-electron chi connectivity index (χ4n) is 3.85. The molecule has 2 fully saturated rings. The van der Waals surface area contributed by atoms with Gasteiger partial charge in [-0.1, -0.05) is 24.3 Å². The first-order valence-corrected chi connectivity index (χ1v) is 7.75. The Morgan fingerprint density at radius 2 is 2.05 bits per heavy atom. The number of piperidine rings is 2. The molecular weight excluding hydrogens is 232 g/mol. The van der Waals surface area contributed by atoms with E-state index in [0.717, 1.165) is 6.54 Å². The lowest BCUT2D eigenvalue weighted by molar-refractivity contribution is 0.0599. The van der Waals surface area contributed by atoms with Gasteiger partial charge in [-0.05, 0) is 62.2 Å². The van der Waals surface area contributed by atoms with E-state index in [1.807, 2.05) is 0 Å². The van der Waals surface area contributed by atoms with Crippen LogP contribution in [0.2, 0.25) is 0 Å². The van der Waals surface area contributed by atoms with Gasteiger partial charge in [-0.3, -0.25) is 4.90 Å². The molecule has 0 aliphatic carbocycles. The smallest absolute Gasteiger partial charge is 0.0236 e. The standard InChI is InChI=1S/C17H26N2/c1-15-6-2-3-7-16(15)12-19-11-5-9-17(14-19)8-4-10-18-13-17/h2-3,6-7,18H,4-5,8-14H2,1H3. The summed E-state index contributed by atoms with van der Waals surface area (Å²) < 4.78 is 0. The first kappa shape index (κ1) is 13.1. The Morgan fingerprint density at radius 3 is 2.84 bits per heavy atom. The van der Waals surface area contributed by atoms with Gasteiger partial charge in [-0.15, -0.1) is 0 Å². The third-order valence-corrected chi connectivity index (χ3v) is 4.96. The zero-order valence-electron chi connectivity index (χ0n) is 12.1. The molecule has 1 spiro atoms. The molecule has 0 aromatic heterocycles. The number of benzene rings is 1. The largest absolute Gasteiger partial charge is 0.316 e. The molecule has 1 aromatic rings. The lowest BCUT2D eigenvalue weighted by atomic mass is 9.74. The van der Waals surface area contributed by atoms with Gasteiger partial charge in [0.05, 0.1) is 0 Å². The normalized spacial score (nSPS) is 28.7. The highest BCUT2D eigenvalue weighted by atomic mass is 15.1. The molecule has 0 saturated carbocycles. The van der Waals surface area contributed by atoms with Crippen molar-refractivity contribution in [2.75, 3.05) is 26.2 Å². The van der Waals surface area contributed by atoms with Gasteiger partial charge in [0.25, 0.3) is 0 Å². The lowest BCUT2D eigenvalue weighted by Crippen LogP contribution is -2.50. The number of nitrogens with one attached hydrogen (secondary N) is 1. The van der Waals surface area contributed by atoms with Crippen LogP contribution in [0, 0.1) is 12.3 Å². The van der Waals surface area contributed by atoms with Gasteiger partial charge in [-0.25, -0.2) is 0 Å². The van der Waals surface area contributed by atoms with Crippen LogP contribution >= 0.6 is 0 Å². The molecule has 104 valence electrons. The van der Waals surface area contributed by atoms with E-state index in [2.05, 4.69) is 41.4 Å². The Labute approximate surface area is 117 Å². The summed E-state index contributed by atoms with van der Waals surface area (Å²) in [6, 6.07) is 8.83. The maximum atomic E-state index is 3.61. The summed E-state index contributed by atoms with van der Waals surface area (Å²) in [6.07, 6.45) is 5.57. The summed E-state index contributed by atoms with van der Waals surface area (Å²) in [7, 11) is 0. The van der Waals surface area contributed by atoms with Gasteiger partial charge in [0.1, 0.15) is 0 Å². The number of rotatable bonds is 2. The van der Waals surface area contributed by atoms with Crippen LogP contribution in [-0.4, -0.2) is 31.1 Å². The quantitative estimate of drug-likeness (QED) is 0.877. The summed E-state index contributed by atoms with van der Waals surface area (Å²) in [5, 5.41) is 3.61. The van der Waals surface area contributed by atoms with E-state index in [1.54, 1.807) is 0 Å². The highest BCUT2D eigenvalue weighted by Crippen LogP contribution is 2.36. The van der Waals surface area contributed by atoms with E-state index in [9.17, 15) is 0 Å². The van der Waals surface area contributed by atoms with Crippen LogP contribution in [0.15, 0.2) is 24.3 Å². The molecule has 0 radical (unpaired) electrons. The van der Waals surface area contributed by atoms with Crippen LogP contribution in [-0.2, 0) is 6.54 Å². The van der Waals surface area contributed by atoms with Crippen molar-refractivity contribution in [3.63, 3.8) is 0 Å². The highest BCUT2D eigenvalue weighted by Gasteiger charge is 2.36. The van der Waals surface area contributed by atoms with Crippen LogP contribution < -0.4 is 5.32 Å². The van der Waals surface area contributed by atoms with Crippen molar-refractivity contribution < 1.29 is 0 Å². The summed E-state index contributed by atoms with van der Waals surface area (Å²) in [5.74, 6) is 0. The Morgan fingerprint density at radius 1 is 1.21 bits per heavy atom. The molecule has 2 heterocycles. The van der Waals surface area contributed by atoms with Crippen molar-refractivity contribution in [2.45, 2.75) is 39.2 Å². The first-order valence-electron chi connectivity index (χ1n) is 7.75. The molecule has 2 heteroatoms. The Kier molecular flexibility index (Phi) is 3.90. The van der Waals surface area contributed by atoms with Crippen LogP contribution in [0.3, 0.4) is 0 Å². The molecule has 2 aliphatic heterocycles. The van der Waals surface area contributed by atoms with Crippen LogP contribution in [0.5, 0.6) is 0 Å². The van der Waals surface area contributed by atoms with E-state index >= 15 is 0 Å². The Hall–Kier alpha value is -0.860.